The zero-order valence-electron chi connectivity index (χ0n) is 12.8. The Hall–Kier alpha value is -1.88. The Morgan fingerprint density at radius 3 is 2.59 bits per heavy atom. The van der Waals surface area contributed by atoms with Crippen molar-refractivity contribution in [2.24, 2.45) is 11.8 Å². The molecular weight excluding hydrogens is 282 g/mol. The number of fused-ring (bicyclic) bond motifs is 2. The minimum Gasteiger partial charge on any atom is -0.550 e. The van der Waals surface area contributed by atoms with Crippen LogP contribution in [0, 0.1) is 18.8 Å². The van der Waals surface area contributed by atoms with Crippen molar-refractivity contribution in [3.63, 3.8) is 0 Å². The minimum absolute atomic E-state index is 0.273. The maximum Gasteiger partial charge on any atom is 0.230 e. The van der Waals surface area contributed by atoms with Crippen LogP contribution in [0.2, 0.25) is 0 Å². The van der Waals surface area contributed by atoms with Crippen molar-refractivity contribution in [2.45, 2.75) is 45.3 Å². The van der Waals surface area contributed by atoms with Crippen molar-refractivity contribution in [3.05, 3.63) is 29.3 Å². The molecule has 2 fully saturated rings. The van der Waals surface area contributed by atoms with E-state index in [1.54, 1.807) is 0 Å². The number of hydrogen-bond acceptors (Lipinski definition) is 4. The highest BCUT2D eigenvalue weighted by Gasteiger charge is 2.52. The summed E-state index contributed by atoms with van der Waals surface area (Å²) in [6, 6.07) is 5.85. The summed E-state index contributed by atoms with van der Waals surface area (Å²) in [6.07, 6.45) is 1.54. The molecule has 0 spiro atoms. The smallest absolute Gasteiger partial charge is 0.230 e. The molecule has 1 aromatic rings. The van der Waals surface area contributed by atoms with Gasteiger partial charge in [0, 0.05) is 17.6 Å². The topological polar surface area (TPSA) is 78.5 Å². The van der Waals surface area contributed by atoms with Crippen LogP contribution in [0.3, 0.4) is 0 Å². The van der Waals surface area contributed by atoms with Gasteiger partial charge in [-0.3, -0.25) is 4.79 Å². The van der Waals surface area contributed by atoms with Gasteiger partial charge < -0.3 is 20.0 Å². The molecule has 1 amide bonds. The Bertz CT molecular complexity index is 613. The number of nitrogens with one attached hydrogen (secondary N) is 1. The predicted molar refractivity (Wildman–Crippen MR) is 79.1 cm³/mol. The number of aryl methyl sites for hydroxylation is 2. The lowest BCUT2D eigenvalue weighted by Crippen LogP contribution is -2.46. The van der Waals surface area contributed by atoms with E-state index in [9.17, 15) is 14.7 Å². The lowest BCUT2D eigenvalue weighted by molar-refractivity contribution is -0.313. The van der Waals surface area contributed by atoms with Gasteiger partial charge in [-0.2, -0.15) is 0 Å². The number of para-hydroxylation sites is 1. The molecule has 0 unspecified atom stereocenters. The summed E-state index contributed by atoms with van der Waals surface area (Å²) in [4.78, 5) is 24.0. The molecule has 3 rings (SSSR count). The van der Waals surface area contributed by atoms with E-state index in [2.05, 4.69) is 5.32 Å². The average molecular weight is 302 g/mol. The first-order chi connectivity index (χ1) is 10.5. The molecule has 22 heavy (non-hydrogen) atoms. The molecule has 0 saturated carbocycles. The molecule has 2 heterocycles. The molecule has 118 valence electrons. The van der Waals surface area contributed by atoms with Crippen molar-refractivity contribution in [1.82, 2.24) is 0 Å². The van der Waals surface area contributed by atoms with E-state index in [1.807, 2.05) is 32.0 Å². The van der Waals surface area contributed by atoms with Crippen LogP contribution in [-0.4, -0.2) is 24.1 Å². The molecular formula is C17H20NO4-. The summed E-state index contributed by atoms with van der Waals surface area (Å²) in [6.45, 7) is 3.96. The first kappa shape index (κ1) is 15.0. The van der Waals surface area contributed by atoms with Gasteiger partial charge in [-0.1, -0.05) is 25.1 Å². The third-order valence-electron chi connectivity index (χ3n) is 4.84. The average Bonchev–Trinajstić information content (AvgIpc) is 3.09. The number of benzene rings is 1. The summed E-state index contributed by atoms with van der Waals surface area (Å²) in [5, 5.41) is 14.3. The molecule has 1 aromatic carbocycles. The van der Waals surface area contributed by atoms with E-state index in [4.69, 9.17) is 4.74 Å². The van der Waals surface area contributed by atoms with Crippen molar-refractivity contribution in [2.75, 3.05) is 5.32 Å². The molecule has 2 bridgehead atoms. The molecule has 2 aliphatic heterocycles. The van der Waals surface area contributed by atoms with Gasteiger partial charge >= 0.3 is 0 Å². The highest BCUT2D eigenvalue weighted by Crippen LogP contribution is 2.43. The van der Waals surface area contributed by atoms with E-state index < -0.39 is 17.8 Å². The van der Waals surface area contributed by atoms with Gasteiger partial charge in [0.2, 0.25) is 5.91 Å². The van der Waals surface area contributed by atoms with Gasteiger partial charge in [0.15, 0.2) is 0 Å². The molecule has 2 aliphatic rings. The minimum atomic E-state index is -1.19. The van der Waals surface area contributed by atoms with Gasteiger partial charge in [-0.05, 0) is 37.3 Å². The number of rotatable bonds is 4. The SMILES string of the molecule is CCc1cccc(C)c1NC(=O)[C@@H]1[C@@H](C(=O)[O-])[C@H]2CC[C@@H]1O2. The van der Waals surface area contributed by atoms with Gasteiger partial charge in [0.05, 0.1) is 18.1 Å². The number of anilines is 1. The van der Waals surface area contributed by atoms with E-state index in [0.717, 1.165) is 29.7 Å². The number of carboxylic acids is 1. The van der Waals surface area contributed by atoms with Crippen molar-refractivity contribution >= 4 is 17.6 Å². The molecule has 0 aromatic heterocycles. The lowest BCUT2D eigenvalue weighted by Gasteiger charge is -2.28. The number of hydrogen-bond donors (Lipinski definition) is 1. The van der Waals surface area contributed by atoms with Gasteiger partial charge in [-0.15, -0.1) is 0 Å². The van der Waals surface area contributed by atoms with Crippen LogP contribution < -0.4 is 10.4 Å². The van der Waals surface area contributed by atoms with Crippen LogP contribution in [-0.2, 0) is 20.7 Å². The summed E-state index contributed by atoms with van der Waals surface area (Å²) in [5.74, 6) is -2.96. The van der Waals surface area contributed by atoms with Crippen LogP contribution in [0.15, 0.2) is 18.2 Å². The Labute approximate surface area is 129 Å². The highest BCUT2D eigenvalue weighted by molar-refractivity contribution is 5.97. The number of aliphatic carboxylic acids is 1. The molecule has 0 radical (unpaired) electrons. The normalized spacial score (nSPS) is 29.5. The van der Waals surface area contributed by atoms with E-state index in [-0.39, 0.29) is 18.1 Å². The van der Waals surface area contributed by atoms with Crippen molar-refractivity contribution in [3.8, 4) is 0 Å². The van der Waals surface area contributed by atoms with E-state index in [0.29, 0.717) is 6.42 Å². The first-order valence-corrected chi connectivity index (χ1v) is 7.78. The zero-order chi connectivity index (χ0) is 15.9. The van der Waals surface area contributed by atoms with Crippen LogP contribution in [0.1, 0.15) is 30.9 Å². The first-order valence-electron chi connectivity index (χ1n) is 7.78. The summed E-state index contributed by atoms with van der Waals surface area (Å²) in [5.41, 5.74) is 2.80. The third-order valence-corrected chi connectivity index (χ3v) is 4.84. The van der Waals surface area contributed by atoms with Crippen LogP contribution in [0.4, 0.5) is 5.69 Å². The van der Waals surface area contributed by atoms with Crippen molar-refractivity contribution < 1.29 is 19.4 Å². The maximum atomic E-state index is 12.7. The monoisotopic (exact) mass is 302 g/mol. The Kier molecular flexibility index (Phi) is 3.91. The molecule has 2 saturated heterocycles. The van der Waals surface area contributed by atoms with Gasteiger partial charge in [0.25, 0.3) is 0 Å². The van der Waals surface area contributed by atoms with Crippen molar-refractivity contribution in [1.29, 1.82) is 0 Å². The standard InChI is InChI=1S/C17H21NO4/c1-3-10-6-4-5-9(2)15(10)18-16(19)13-11-7-8-12(22-11)14(13)17(20)21/h4-6,11-14H,3,7-8H2,1-2H3,(H,18,19)(H,20,21)/p-1/t11-,12+,13-,14-/m0/s1. The number of carbonyl (C=O) groups is 2. The second-order valence-corrected chi connectivity index (χ2v) is 6.11. The highest BCUT2D eigenvalue weighted by atomic mass is 16.5. The largest absolute Gasteiger partial charge is 0.550 e. The fraction of sp³-hybridized carbons (Fsp3) is 0.529. The molecule has 4 atom stereocenters. The number of amides is 1. The zero-order valence-corrected chi connectivity index (χ0v) is 12.8. The molecule has 5 heteroatoms. The van der Waals surface area contributed by atoms with Crippen LogP contribution in [0.5, 0.6) is 0 Å². The fourth-order valence-corrected chi connectivity index (χ4v) is 3.72. The summed E-state index contributed by atoms with van der Waals surface area (Å²) >= 11 is 0. The maximum absolute atomic E-state index is 12.7. The Balaban J connectivity index is 1.84. The predicted octanol–water partition coefficient (Wildman–Crippen LogP) is 1.04. The summed E-state index contributed by atoms with van der Waals surface area (Å²) in [7, 11) is 0. The van der Waals surface area contributed by atoms with Crippen LogP contribution in [0.25, 0.3) is 0 Å². The second kappa shape index (κ2) is 5.72. The third kappa shape index (κ3) is 2.39. The number of carboxylic acid groups (broad SMARTS) is 1. The lowest BCUT2D eigenvalue weighted by atomic mass is 9.78. The number of carbonyl (C=O) groups excluding carboxylic acids is 2. The quantitative estimate of drug-likeness (QED) is 0.901. The number of ether oxygens (including phenoxy) is 1. The Morgan fingerprint density at radius 2 is 1.95 bits per heavy atom. The van der Waals surface area contributed by atoms with E-state index >= 15 is 0 Å². The molecule has 5 nitrogen and oxygen atoms in total. The fourth-order valence-electron chi connectivity index (χ4n) is 3.72. The van der Waals surface area contributed by atoms with E-state index in [1.165, 1.54) is 0 Å². The molecule has 1 N–H and O–H groups in total. The van der Waals surface area contributed by atoms with Crippen LogP contribution >= 0.6 is 0 Å². The summed E-state index contributed by atoms with van der Waals surface area (Å²) < 4.78 is 5.62. The Morgan fingerprint density at radius 1 is 1.27 bits per heavy atom. The van der Waals surface area contributed by atoms with Gasteiger partial charge in [0.1, 0.15) is 0 Å². The molecule has 0 aliphatic carbocycles. The van der Waals surface area contributed by atoms with Gasteiger partial charge in [-0.25, -0.2) is 0 Å². The second-order valence-electron chi connectivity index (χ2n) is 6.11.